The molecule has 1 aromatic rings. The Morgan fingerprint density at radius 2 is 2.31 bits per heavy atom. The van der Waals surface area contributed by atoms with Gasteiger partial charge in [-0.2, -0.15) is 0 Å². The van der Waals surface area contributed by atoms with Gasteiger partial charge in [0, 0.05) is 18.7 Å². The van der Waals surface area contributed by atoms with Gasteiger partial charge in [-0.25, -0.2) is 9.37 Å². The van der Waals surface area contributed by atoms with E-state index in [2.05, 4.69) is 16.8 Å². The molecule has 0 aliphatic rings. The zero-order valence-electron chi connectivity index (χ0n) is 6.65. The highest BCUT2D eigenvalue weighted by atomic mass is 35.5. The zero-order valence-corrected chi connectivity index (χ0v) is 7.41. The van der Waals surface area contributed by atoms with Crippen LogP contribution in [0.4, 0.5) is 8.78 Å². The maximum Gasteiger partial charge on any atom is 0.143 e. The third-order valence-corrected chi connectivity index (χ3v) is 1.47. The van der Waals surface area contributed by atoms with Gasteiger partial charge in [-0.3, -0.25) is 4.39 Å². The van der Waals surface area contributed by atoms with Gasteiger partial charge in [-0.15, -0.1) is 0 Å². The van der Waals surface area contributed by atoms with Crippen LogP contribution in [0.15, 0.2) is 12.3 Å². The molecule has 0 unspecified atom stereocenters. The molecule has 0 amide bonds. The highest BCUT2D eigenvalue weighted by Gasteiger charge is 1.99. The number of hydrogen-bond donors (Lipinski definition) is 0. The van der Waals surface area contributed by atoms with Crippen LogP contribution in [0.2, 0.25) is 5.15 Å². The van der Waals surface area contributed by atoms with Crippen LogP contribution in [0.3, 0.4) is 0 Å². The minimum absolute atomic E-state index is 0.0774. The molecule has 0 N–H and O–H groups in total. The number of hydrogen-bond acceptors (Lipinski definition) is 1. The lowest BCUT2D eigenvalue weighted by atomic mass is 10.2. The Morgan fingerprint density at radius 1 is 1.54 bits per heavy atom. The zero-order chi connectivity index (χ0) is 9.68. The first-order valence-corrected chi connectivity index (χ1v) is 3.97. The van der Waals surface area contributed by atoms with Crippen molar-refractivity contribution in [2.24, 2.45) is 0 Å². The normalized spacial score (nSPS) is 9.15. The van der Waals surface area contributed by atoms with Gasteiger partial charge >= 0.3 is 0 Å². The number of rotatable bonds is 1. The molecular weight excluding hydrogens is 196 g/mol. The molecular formula is C9H6ClF2N. The van der Waals surface area contributed by atoms with Crippen LogP contribution in [0.25, 0.3) is 0 Å². The van der Waals surface area contributed by atoms with Crippen LogP contribution >= 0.6 is 11.6 Å². The molecule has 4 heteroatoms. The number of pyridine rings is 1. The molecule has 0 bridgehead atoms. The van der Waals surface area contributed by atoms with Crippen molar-refractivity contribution in [3.8, 4) is 11.8 Å². The molecule has 0 saturated carbocycles. The van der Waals surface area contributed by atoms with Gasteiger partial charge < -0.3 is 0 Å². The van der Waals surface area contributed by atoms with Crippen LogP contribution in [-0.2, 0) is 0 Å². The SMILES string of the molecule is FCCC#Cc1cnc(Cl)cc1F. The topological polar surface area (TPSA) is 12.9 Å². The minimum atomic E-state index is -0.536. The van der Waals surface area contributed by atoms with Crippen molar-refractivity contribution >= 4 is 11.6 Å². The summed E-state index contributed by atoms with van der Waals surface area (Å²) in [6.45, 7) is -0.532. The van der Waals surface area contributed by atoms with Gasteiger partial charge in [0.25, 0.3) is 0 Å². The van der Waals surface area contributed by atoms with Crippen LogP contribution in [0.5, 0.6) is 0 Å². The summed E-state index contributed by atoms with van der Waals surface area (Å²) < 4.78 is 24.6. The Bertz CT molecular complexity index is 354. The Kier molecular flexibility index (Phi) is 3.66. The molecule has 1 nitrogen and oxygen atoms in total. The average Bonchev–Trinajstić information content (AvgIpc) is 2.09. The summed E-state index contributed by atoms with van der Waals surface area (Å²) in [7, 11) is 0. The lowest BCUT2D eigenvalue weighted by molar-refractivity contribution is 0.505. The van der Waals surface area contributed by atoms with Crippen LogP contribution in [0, 0.1) is 17.7 Å². The predicted molar refractivity (Wildman–Crippen MR) is 46.7 cm³/mol. The van der Waals surface area contributed by atoms with Gasteiger partial charge in [-0.1, -0.05) is 23.4 Å². The molecule has 0 fully saturated rings. The van der Waals surface area contributed by atoms with Crippen molar-refractivity contribution in [3.05, 3.63) is 28.8 Å². The number of halogens is 3. The largest absolute Gasteiger partial charge is 0.250 e. The Labute approximate surface area is 79.7 Å². The molecule has 13 heavy (non-hydrogen) atoms. The van der Waals surface area contributed by atoms with E-state index in [-0.39, 0.29) is 17.1 Å². The second-order valence-electron chi connectivity index (χ2n) is 2.23. The molecule has 0 spiro atoms. The van der Waals surface area contributed by atoms with Gasteiger partial charge in [0.1, 0.15) is 17.6 Å². The third-order valence-electron chi connectivity index (χ3n) is 1.26. The summed E-state index contributed by atoms with van der Waals surface area (Å²) >= 11 is 5.42. The van der Waals surface area contributed by atoms with Crippen LogP contribution in [0.1, 0.15) is 12.0 Å². The van der Waals surface area contributed by atoms with Crippen molar-refractivity contribution in [1.82, 2.24) is 4.98 Å². The van der Waals surface area contributed by atoms with E-state index in [1.54, 1.807) is 0 Å². The van der Waals surface area contributed by atoms with Crippen molar-refractivity contribution in [2.45, 2.75) is 6.42 Å². The molecule has 0 atom stereocenters. The predicted octanol–water partition coefficient (Wildman–Crippen LogP) is 2.59. The van der Waals surface area contributed by atoms with Gasteiger partial charge in [0.15, 0.2) is 0 Å². The molecule has 0 aliphatic heterocycles. The summed E-state index contributed by atoms with van der Waals surface area (Å²) in [5.74, 6) is 4.38. The summed E-state index contributed by atoms with van der Waals surface area (Å²) in [5, 5.41) is 0.0774. The van der Waals surface area contributed by atoms with E-state index in [9.17, 15) is 8.78 Å². The Hall–Kier alpha value is -1.14. The van der Waals surface area contributed by atoms with Gasteiger partial charge in [-0.05, 0) is 0 Å². The summed E-state index contributed by atoms with van der Waals surface area (Å²) in [6.07, 6.45) is 1.32. The maximum absolute atomic E-state index is 13.0. The molecule has 68 valence electrons. The fourth-order valence-electron chi connectivity index (χ4n) is 0.704. The average molecular weight is 202 g/mol. The first-order chi connectivity index (χ1) is 6.24. The molecule has 1 aromatic heterocycles. The number of nitrogens with zero attached hydrogens (tertiary/aromatic N) is 1. The second-order valence-corrected chi connectivity index (χ2v) is 2.61. The second kappa shape index (κ2) is 4.78. The van der Waals surface area contributed by atoms with Crippen molar-refractivity contribution in [3.63, 3.8) is 0 Å². The summed E-state index contributed by atoms with van der Waals surface area (Å²) in [4.78, 5) is 3.65. The molecule has 0 aliphatic carbocycles. The highest BCUT2D eigenvalue weighted by Crippen LogP contribution is 2.09. The van der Waals surface area contributed by atoms with E-state index in [1.807, 2.05) is 0 Å². The van der Waals surface area contributed by atoms with Gasteiger partial charge in [0.05, 0.1) is 5.56 Å². The molecule has 1 rings (SSSR count). The lowest BCUT2D eigenvalue weighted by Crippen LogP contribution is -1.86. The first-order valence-electron chi connectivity index (χ1n) is 3.60. The molecule has 1 heterocycles. The van der Waals surface area contributed by atoms with Crippen LogP contribution in [-0.4, -0.2) is 11.7 Å². The molecule has 0 saturated heterocycles. The fraction of sp³-hybridized carbons (Fsp3) is 0.222. The molecule has 0 aromatic carbocycles. The molecule has 0 radical (unpaired) electrons. The van der Waals surface area contributed by atoms with E-state index in [0.717, 1.165) is 6.07 Å². The maximum atomic E-state index is 13.0. The standard InChI is InChI=1S/C9H6ClF2N/c10-9-5-8(12)7(6-13-9)3-1-2-4-11/h5-6H,2,4H2. The van der Waals surface area contributed by atoms with E-state index >= 15 is 0 Å². The lowest BCUT2D eigenvalue weighted by Gasteiger charge is -1.92. The summed E-state index contributed by atoms with van der Waals surface area (Å²) in [6, 6.07) is 1.07. The smallest absolute Gasteiger partial charge is 0.143 e. The van der Waals surface area contributed by atoms with E-state index in [1.165, 1.54) is 6.20 Å². The van der Waals surface area contributed by atoms with E-state index in [4.69, 9.17) is 11.6 Å². The van der Waals surface area contributed by atoms with Crippen LogP contribution < -0.4 is 0 Å². The van der Waals surface area contributed by atoms with E-state index in [0.29, 0.717) is 0 Å². The van der Waals surface area contributed by atoms with E-state index < -0.39 is 12.5 Å². The first kappa shape index (κ1) is 9.94. The quantitative estimate of drug-likeness (QED) is 0.503. The minimum Gasteiger partial charge on any atom is -0.250 e. The Balaban J connectivity index is 2.85. The van der Waals surface area contributed by atoms with Crippen molar-refractivity contribution in [1.29, 1.82) is 0 Å². The third kappa shape index (κ3) is 3.00. The van der Waals surface area contributed by atoms with Gasteiger partial charge in [0.2, 0.25) is 0 Å². The highest BCUT2D eigenvalue weighted by molar-refractivity contribution is 6.29. The summed E-state index contributed by atoms with van der Waals surface area (Å²) in [5.41, 5.74) is 0.137. The van der Waals surface area contributed by atoms with Crippen molar-refractivity contribution < 1.29 is 8.78 Å². The Morgan fingerprint density at radius 3 is 2.92 bits per heavy atom. The van der Waals surface area contributed by atoms with Crippen molar-refractivity contribution in [2.75, 3.05) is 6.67 Å². The number of aromatic nitrogens is 1. The monoisotopic (exact) mass is 201 g/mol. The number of alkyl halides is 1. The fourth-order valence-corrected chi connectivity index (χ4v) is 0.849.